The molecule has 0 aromatic carbocycles. The van der Waals surface area contributed by atoms with Gasteiger partial charge < -0.3 is 0 Å². The second-order valence-electron chi connectivity index (χ2n) is 2.95. The fourth-order valence-electron chi connectivity index (χ4n) is 1.24. The molecule has 52 valence electrons. The number of allylic oxidation sites excluding steroid dienone is 1. The molecule has 1 rings (SSSR count). The lowest BCUT2D eigenvalue weighted by molar-refractivity contribution is 0.444. The lowest BCUT2D eigenvalue weighted by atomic mass is 9.89. The number of hydrogen-bond donors (Lipinski definition) is 0. The Balaban J connectivity index is 2.35. The highest BCUT2D eigenvalue weighted by atomic mass is 79.9. The van der Waals surface area contributed by atoms with Gasteiger partial charge in [0.05, 0.1) is 0 Å². The molecule has 1 fully saturated rings. The van der Waals surface area contributed by atoms with Crippen LogP contribution in [0.1, 0.15) is 32.6 Å². The quantitative estimate of drug-likeness (QED) is 0.513. The zero-order valence-corrected chi connectivity index (χ0v) is 7.45. The van der Waals surface area contributed by atoms with Crippen LogP contribution in [-0.2, 0) is 0 Å². The first-order chi connectivity index (χ1) is 4.33. The zero-order chi connectivity index (χ0) is 6.69. The van der Waals surface area contributed by atoms with E-state index in [9.17, 15) is 0 Å². The standard InChI is InChI=1S/C8H13Br/c1-7-2-4-8(6-9)5-3-7/h6-7H,2-5H2,1H3/i6+1. The molecule has 0 nitrogen and oxygen atoms in total. The Kier molecular flexibility index (Phi) is 2.77. The van der Waals surface area contributed by atoms with Gasteiger partial charge in [0.25, 0.3) is 0 Å². The van der Waals surface area contributed by atoms with Crippen LogP contribution in [0.15, 0.2) is 10.6 Å². The maximum atomic E-state index is 3.37. The van der Waals surface area contributed by atoms with Crippen LogP contribution >= 0.6 is 15.9 Å². The molecule has 0 amide bonds. The predicted octanol–water partition coefficient (Wildman–Crippen LogP) is 3.48. The Hall–Kier alpha value is 0.220. The number of hydrogen-bond acceptors (Lipinski definition) is 0. The van der Waals surface area contributed by atoms with Crippen molar-refractivity contribution < 1.29 is 0 Å². The van der Waals surface area contributed by atoms with E-state index in [1.165, 1.54) is 25.7 Å². The lowest BCUT2D eigenvalue weighted by Crippen LogP contribution is -2.02. The molecule has 1 heteroatoms. The van der Waals surface area contributed by atoms with Gasteiger partial charge in [-0.1, -0.05) is 28.4 Å². The Morgan fingerprint density at radius 2 is 2.00 bits per heavy atom. The minimum atomic E-state index is 0.959. The van der Waals surface area contributed by atoms with Gasteiger partial charge in [-0.2, -0.15) is 0 Å². The molecule has 0 bridgehead atoms. The fraction of sp³-hybridized carbons (Fsp3) is 0.750. The van der Waals surface area contributed by atoms with Gasteiger partial charge in [0.2, 0.25) is 0 Å². The molecule has 1 aliphatic rings. The molecule has 0 spiro atoms. The number of halogens is 1. The summed E-state index contributed by atoms with van der Waals surface area (Å²) in [5, 5.41) is 0. The van der Waals surface area contributed by atoms with E-state index in [1.54, 1.807) is 5.57 Å². The van der Waals surface area contributed by atoms with Gasteiger partial charge in [-0.05, 0) is 36.6 Å². The minimum absolute atomic E-state index is 0.959. The maximum Gasteiger partial charge on any atom is -0.0197 e. The van der Waals surface area contributed by atoms with Crippen LogP contribution in [-0.4, -0.2) is 0 Å². The van der Waals surface area contributed by atoms with Gasteiger partial charge >= 0.3 is 0 Å². The van der Waals surface area contributed by atoms with Gasteiger partial charge in [0.1, 0.15) is 0 Å². The van der Waals surface area contributed by atoms with E-state index in [-0.39, 0.29) is 0 Å². The van der Waals surface area contributed by atoms with Crippen LogP contribution in [0.25, 0.3) is 0 Å². The lowest BCUT2D eigenvalue weighted by Gasteiger charge is -2.18. The third kappa shape index (κ3) is 2.13. The summed E-state index contributed by atoms with van der Waals surface area (Å²) >= 11 is 3.37. The first kappa shape index (κ1) is 7.33. The van der Waals surface area contributed by atoms with Gasteiger partial charge in [-0.3, -0.25) is 0 Å². The molecular weight excluding hydrogens is 177 g/mol. The van der Waals surface area contributed by atoms with E-state index in [1.807, 2.05) is 0 Å². The van der Waals surface area contributed by atoms with E-state index >= 15 is 0 Å². The smallest absolute Gasteiger partial charge is 0.0197 e. The van der Waals surface area contributed by atoms with E-state index in [2.05, 4.69) is 27.8 Å². The average Bonchev–Trinajstić information content (AvgIpc) is 1.90. The molecule has 0 saturated heterocycles. The summed E-state index contributed by atoms with van der Waals surface area (Å²) in [4.78, 5) is 2.10. The molecule has 0 atom stereocenters. The highest BCUT2D eigenvalue weighted by Gasteiger charge is 2.10. The van der Waals surface area contributed by atoms with E-state index in [4.69, 9.17) is 0 Å². The monoisotopic (exact) mass is 189 g/mol. The third-order valence-corrected chi connectivity index (χ3v) is 2.72. The molecule has 0 N–H and O–H groups in total. The molecule has 0 unspecified atom stereocenters. The SMILES string of the molecule is CC1CCC(=[13CH]Br)CC1. The van der Waals surface area contributed by atoms with Crippen molar-refractivity contribution in [2.24, 2.45) is 5.92 Å². The molecule has 1 saturated carbocycles. The number of rotatable bonds is 0. The van der Waals surface area contributed by atoms with Gasteiger partial charge in [0.15, 0.2) is 0 Å². The Morgan fingerprint density at radius 3 is 2.44 bits per heavy atom. The highest BCUT2D eigenvalue weighted by molar-refractivity contribution is 9.11. The highest BCUT2D eigenvalue weighted by Crippen LogP contribution is 2.27. The first-order valence-electron chi connectivity index (χ1n) is 3.61. The third-order valence-electron chi connectivity index (χ3n) is 2.07. The summed E-state index contributed by atoms with van der Waals surface area (Å²) in [6, 6.07) is 0. The van der Waals surface area contributed by atoms with Crippen molar-refractivity contribution in [1.29, 1.82) is 0 Å². The topological polar surface area (TPSA) is 0 Å². The zero-order valence-electron chi connectivity index (χ0n) is 5.86. The van der Waals surface area contributed by atoms with Crippen LogP contribution < -0.4 is 0 Å². The first-order valence-corrected chi connectivity index (χ1v) is 4.52. The van der Waals surface area contributed by atoms with Crippen molar-refractivity contribution in [3.05, 3.63) is 10.6 Å². The molecule has 0 aromatic heterocycles. The summed E-state index contributed by atoms with van der Waals surface area (Å²) in [5.41, 5.74) is 1.59. The van der Waals surface area contributed by atoms with Crippen molar-refractivity contribution in [3.8, 4) is 0 Å². The van der Waals surface area contributed by atoms with Crippen molar-refractivity contribution >= 4 is 15.9 Å². The van der Waals surface area contributed by atoms with Crippen LogP contribution in [0.4, 0.5) is 0 Å². The van der Waals surface area contributed by atoms with Crippen molar-refractivity contribution in [2.75, 3.05) is 0 Å². The van der Waals surface area contributed by atoms with Crippen molar-refractivity contribution in [2.45, 2.75) is 32.6 Å². The normalized spacial score (nSPS) is 28.2. The second-order valence-corrected chi connectivity index (χ2v) is 3.41. The maximum absolute atomic E-state index is 3.37. The summed E-state index contributed by atoms with van der Waals surface area (Å²) in [5.74, 6) is 0.959. The van der Waals surface area contributed by atoms with Crippen molar-refractivity contribution in [1.82, 2.24) is 0 Å². The predicted molar refractivity (Wildman–Crippen MR) is 44.6 cm³/mol. The molecule has 0 heterocycles. The Morgan fingerprint density at radius 1 is 1.44 bits per heavy atom. The molecular formula is C8H13Br. The van der Waals surface area contributed by atoms with Crippen molar-refractivity contribution in [3.63, 3.8) is 0 Å². The summed E-state index contributed by atoms with van der Waals surface area (Å²) < 4.78 is 0. The van der Waals surface area contributed by atoms with Gasteiger partial charge in [-0.15, -0.1) is 0 Å². The summed E-state index contributed by atoms with van der Waals surface area (Å²) in [6.45, 7) is 2.34. The fourth-order valence-corrected chi connectivity index (χ4v) is 1.70. The Bertz CT molecular complexity index is 106. The molecule has 1 aliphatic carbocycles. The molecule has 0 aliphatic heterocycles. The van der Waals surface area contributed by atoms with E-state index in [0.717, 1.165) is 5.92 Å². The minimum Gasteiger partial charge on any atom is -0.0633 e. The van der Waals surface area contributed by atoms with Gasteiger partial charge in [-0.25, -0.2) is 0 Å². The van der Waals surface area contributed by atoms with E-state index < -0.39 is 0 Å². The molecule has 9 heavy (non-hydrogen) atoms. The van der Waals surface area contributed by atoms with Crippen LogP contribution in [0.2, 0.25) is 0 Å². The van der Waals surface area contributed by atoms with Gasteiger partial charge in [0, 0.05) is 0 Å². The molecule has 0 radical (unpaired) electrons. The molecule has 0 aromatic rings. The Labute approximate surface area is 65.5 Å². The second kappa shape index (κ2) is 3.40. The van der Waals surface area contributed by atoms with E-state index in [0.29, 0.717) is 0 Å². The average molecular weight is 190 g/mol. The van der Waals surface area contributed by atoms with Crippen LogP contribution in [0, 0.1) is 5.92 Å². The summed E-state index contributed by atoms with van der Waals surface area (Å²) in [6.07, 6.45) is 5.40. The summed E-state index contributed by atoms with van der Waals surface area (Å²) in [7, 11) is 0. The van der Waals surface area contributed by atoms with Crippen LogP contribution in [0.5, 0.6) is 0 Å². The van der Waals surface area contributed by atoms with Crippen LogP contribution in [0.3, 0.4) is 0 Å². The largest absolute Gasteiger partial charge is 0.0633 e.